The number of carbonyl (C=O) groups excluding carboxylic acids is 3. The molecule has 1 aliphatic heterocycles. The van der Waals surface area contributed by atoms with Crippen LogP contribution in [0.4, 0.5) is 0 Å². The smallest absolute Gasteiger partial charge is 0.251 e. The summed E-state index contributed by atoms with van der Waals surface area (Å²) < 4.78 is 5.15. The second-order valence-electron chi connectivity index (χ2n) is 8.64. The Morgan fingerprint density at radius 2 is 1.68 bits per heavy atom. The third-order valence-electron chi connectivity index (χ3n) is 6.37. The van der Waals surface area contributed by atoms with E-state index in [1.165, 1.54) is 0 Å². The highest BCUT2D eigenvalue weighted by Crippen LogP contribution is 2.22. The topological polar surface area (TPSA) is 87.7 Å². The number of ether oxygens (including phenoxy) is 1. The average Bonchev–Trinajstić information content (AvgIpc) is 2.80. The first-order valence-electron chi connectivity index (χ1n) is 11.5. The predicted molar refractivity (Wildman–Crippen MR) is 119 cm³/mol. The van der Waals surface area contributed by atoms with Gasteiger partial charge in [0.25, 0.3) is 5.91 Å². The number of nitrogens with zero attached hydrogens (tertiary/aromatic N) is 1. The van der Waals surface area contributed by atoms with Crippen molar-refractivity contribution in [3.8, 4) is 5.75 Å². The Balaban J connectivity index is 1.57. The highest BCUT2D eigenvalue weighted by Gasteiger charge is 2.33. The van der Waals surface area contributed by atoms with E-state index in [1.807, 2.05) is 11.8 Å². The van der Waals surface area contributed by atoms with E-state index in [0.717, 1.165) is 51.5 Å². The second-order valence-corrected chi connectivity index (χ2v) is 8.64. The normalized spacial score (nSPS) is 23.7. The van der Waals surface area contributed by atoms with E-state index >= 15 is 0 Å². The van der Waals surface area contributed by atoms with Gasteiger partial charge in [-0.1, -0.05) is 19.8 Å². The van der Waals surface area contributed by atoms with E-state index in [-0.39, 0.29) is 35.7 Å². The summed E-state index contributed by atoms with van der Waals surface area (Å²) in [5, 5.41) is 6.31. The van der Waals surface area contributed by atoms with E-state index in [2.05, 4.69) is 10.6 Å². The summed E-state index contributed by atoms with van der Waals surface area (Å²) in [6.45, 7) is 3.24. The first-order valence-corrected chi connectivity index (χ1v) is 11.5. The van der Waals surface area contributed by atoms with Gasteiger partial charge in [-0.3, -0.25) is 14.4 Å². The molecular formula is C24H35N3O4. The molecule has 170 valence electrons. The summed E-state index contributed by atoms with van der Waals surface area (Å²) in [6.07, 6.45) is 6.78. The van der Waals surface area contributed by atoms with Crippen LogP contribution in [-0.4, -0.2) is 54.9 Å². The molecule has 1 aliphatic carbocycles. The quantitative estimate of drug-likeness (QED) is 0.698. The fourth-order valence-corrected chi connectivity index (χ4v) is 4.56. The molecule has 0 unspecified atom stereocenters. The molecule has 0 spiro atoms. The predicted octanol–water partition coefficient (Wildman–Crippen LogP) is 2.89. The molecule has 0 radical (unpaired) electrons. The minimum Gasteiger partial charge on any atom is -0.497 e. The second kappa shape index (κ2) is 11.2. The maximum absolute atomic E-state index is 13.0. The number of nitrogens with one attached hydrogen (secondary N) is 2. The van der Waals surface area contributed by atoms with Crippen LogP contribution in [0, 0.1) is 5.92 Å². The minimum atomic E-state index is -0.172. The van der Waals surface area contributed by atoms with E-state index in [9.17, 15) is 14.4 Å². The Kier molecular flexibility index (Phi) is 8.32. The number of carbonyl (C=O) groups is 3. The lowest BCUT2D eigenvalue weighted by Crippen LogP contribution is -2.55. The third-order valence-corrected chi connectivity index (χ3v) is 6.37. The number of likely N-dealkylation sites (tertiary alicyclic amines) is 1. The number of hydrogen-bond acceptors (Lipinski definition) is 4. The zero-order valence-electron chi connectivity index (χ0n) is 18.7. The number of piperidine rings is 1. The molecule has 2 N–H and O–H groups in total. The van der Waals surface area contributed by atoms with Crippen LogP contribution in [0.5, 0.6) is 5.75 Å². The van der Waals surface area contributed by atoms with Crippen LogP contribution < -0.4 is 15.4 Å². The van der Waals surface area contributed by atoms with Crippen molar-refractivity contribution in [2.45, 2.75) is 70.4 Å². The monoisotopic (exact) mass is 429 g/mol. The Labute approximate surface area is 184 Å². The maximum atomic E-state index is 13.0. The summed E-state index contributed by atoms with van der Waals surface area (Å²) >= 11 is 0. The number of methoxy groups -OCH3 is 1. The van der Waals surface area contributed by atoms with Gasteiger partial charge in [-0.15, -0.1) is 0 Å². The summed E-state index contributed by atoms with van der Waals surface area (Å²) in [5.74, 6) is 0.544. The van der Waals surface area contributed by atoms with E-state index in [0.29, 0.717) is 24.3 Å². The van der Waals surface area contributed by atoms with Crippen molar-refractivity contribution in [3.63, 3.8) is 0 Å². The van der Waals surface area contributed by atoms with Crippen LogP contribution in [0.3, 0.4) is 0 Å². The summed E-state index contributed by atoms with van der Waals surface area (Å²) in [5.41, 5.74) is 0.578. The van der Waals surface area contributed by atoms with Gasteiger partial charge in [-0.2, -0.15) is 0 Å². The molecule has 1 saturated carbocycles. The molecule has 7 heteroatoms. The molecule has 2 fully saturated rings. The van der Waals surface area contributed by atoms with Gasteiger partial charge < -0.3 is 20.3 Å². The number of rotatable bonds is 7. The lowest BCUT2D eigenvalue weighted by molar-refractivity contribution is -0.136. The van der Waals surface area contributed by atoms with Crippen molar-refractivity contribution < 1.29 is 19.1 Å². The minimum absolute atomic E-state index is 0.00425. The van der Waals surface area contributed by atoms with Gasteiger partial charge in [0.05, 0.1) is 13.0 Å². The Morgan fingerprint density at radius 1 is 1.00 bits per heavy atom. The van der Waals surface area contributed by atoms with Crippen molar-refractivity contribution in [2.75, 3.05) is 20.2 Å². The summed E-state index contributed by atoms with van der Waals surface area (Å²) in [6, 6.07) is 6.86. The fraction of sp³-hybridized carbons (Fsp3) is 0.625. The van der Waals surface area contributed by atoms with Crippen LogP contribution in [0.2, 0.25) is 0 Å². The molecule has 1 saturated heterocycles. The molecule has 0 aromatic heterocycles. The zero-order chi connectivity index (χ0) is 22.2. The first-order chi connectivity index (χ1) is 15.0. The highest BCUT2D eigenvalue weighted by molar-refractivity contribution is 5.94. The van der Waals surface area contributed by atoms with Crippen LogP contribution >= 0.6 is 0 Å². The number of benzene rings is 1. The molecule has 3 rings (SSSR count). The lowest BCUT2D eigenvalue weighted by Gasteiger charge is -2.36. The first kappa shape index (κ1) is 23.1. The van der Waals surface area contributed by atoms with Crippen LogP contribution in [0.1, 0.15) is 68.6 Å². The third kappa shape index (κ3) is 6.21. The molecule has 1 heterocycles. The standard InChI is InChI=1S/C24H35N3O4/c1-3-7-22(28)27-15-6-8-18(16-27)24(30)26-21-10-5-4-9-20(21)25-23(29)17-11-13-19(31-2)14-12-17/h11-14,18,20-21H,3-10,15-16H2,1-2H3,(H,25,29)(H,26,30)/t18-,20+,21+/m0/s1. The van der Waals surface area contributed by atoms with Crippen molar-refractivity contribution in [1.29, 1.82) is 0 Å². The van der Waals surface area contributed by atoms with Crippen molar-refractivity contribution in [3.05, 3.63) is 29.8 Å². The van der Waals surface area contributed by atoms with Gasteiger partial charge in [-0.25, -0.2) is 0 Å². The SMILES string of the molecule is CCCC(=O)N1CCC[C@H](C(=O)N[C@@H]2CCCC[C@H]2NC(=O)c2ccc(OC)cc2)C1. The fourth-order valence-electron chi connectivity index (χ4n) is 4.56. The van der Waals surface area contributed by atoms with Gasteiger partial charge in [0, 0.05) is 37.2 Å². The highest BCUT2D eigenvalue weighted by atomic mass is 16.5. The molecule has 2 aliphatic rings. The molecule has 0 bridgehead atoms. The summed E-state index contributed by atoms with van der Waals surface area (Å²) in [4.78, 5) is 39.8. The van der Waals surface area contributed by atoms with Gasteiger partial charge in [0.15, 0.2) is 0 Å². The molecule has 3 atom stereocenters. The zero-order valence-corrected chi connectivity index (χ0v) is 18.7. The lowest BCUT2D eigenvalue weighted by atomic mass is 9.88. The van der Waals surface area contributed by atoms with Crippen molar-refractivity contribution in [1.82, 2.24) is 15.5 Å². The van der Waals surface area contributed by atoms with Crippen LogP contribution in [0.25, 0.3) is 0 Å². The molecule has 31 heavy (non-hydrogen) atoms. The van der Waals surface area contributed by atoms with E-state index < -0.39 is 0 Å². The molecule has 7 nitrogen and oxygen atoms in total. The molecular weight excluding hydrogens is 394 g/mol. The molecule has 1 aromatic rings. The van der Waals surface area contributed by atoms with Crippen LogP contribution in [0.15, 0.2) is 24.3 Å². The van der Waals surface area contributed by atoms with E-state index in [4.69, 9.17) is 4.74 Å². The van der Waals surface area contributed by atoms with Gasteiger partial charge >= 0.3 is 0 Å². The maximum Gasteiger partial charge on any atom is 0.251 e. The largest absolute Gasteiger partial charge is 0.497 e. The van der Waals surface area contributed by atoms with Gasteiger partial charge in [0.2, 0.25) is 11.8 Å². The molecule has 1 aromatic carbocycles. The Morgan fingerprint density at radius 3 is 2.32 bits per heavy atom. The average molecular weight is 430 g/mol. The summed E-state index contributed by atoms with van der Waals surface area (Å²) in [7, 11) is 1.59. The van der Waals surface area contributed by atoms with E-state index in [1.54, 1.807) is 31.4 Å². The van der Waals surface area contributed by atoms with Gasteiger partial charge in [-0.05, 0) is 56.4 Å². The number of amides is 3. The van der Waals surface area contributed by atoms with Crippen LogP contribution in [-0.2, 0) is 9.59 Å². The number of hydrogen-bond donors (Lipinski definition) is 2. The van der Waals surface area contributed by atoms with Crippen molar-refractivity contribution >= 4 is 17.7 Å². The van der Waals surface area contributed by atoms with Crippen molar-refractivity contribution in [2.24, 2.45) is 5.92 Å². The molecule has 3 amide bonds. The Hall–Kier alpha value is -2.57. The van der Waals surface area contributed by atoms with Gasteiger partial charge in [0.1, 0.15) is 5.75 Å². The Bertz CT molecular complexity index is 765.